The largest absolute Gasteiger partial charge is 0.489 e. The predicted molar refractivity (Wildman–Crippen MR) is 112 cm³/mol. The Morgan fingerprint density at radius 3 is 2.78 bits per heavy atom. The third-order valence-corrected chi connectivity index (χ3v) is 6.78. The number of alkyl halides is 1. The van der Waals surface area contributed by atoms with Gasteiger partial charge in [-0.2, -0.15) is 0 Å². The average Bonchev–Trinajstić information content (AvgIpc) is 2.75. The van der Waals surface area contributed by atoms with E-state index in [0.29, 0.717) is 31.4 Å². The Labute approximate surface area is 184 Å². The summed E-state index contributed by atoms with van der Waals surface area (Å²) in [5.41, 5.74) is 1.51. The van der Waals surface area contributed by atoms with E-state index in [1.54, 1.807) is 29.2 Å². The second kappa shape index (κ2) is 9.11. The van der Waals surface area contributed by atoms with Gasteiger partial charge in [0.1, 0.15) is 5.82 Å². The van der Waals surface area contributed by atoms with Gasteiger partial charge in [0, 0.05) is 24.2 Å². The third-order valence-electron chi connectivity index (χ3n) is 5.83. The number of ether oxygens (including phenoxy) is 1. The zero-order chi connectivity index (χ0) is 22.9. The van der Waals surface area contributed by atoms with Crippen molar-refractivity contribution in [3.05, 3.63) is 53.6 Å². The SMILES string of the molecule is O=C1CCOc2c(F)cc(F)cc2-c2cccc(c2)C[C@H]2[C@@H](NS(=O)(=O)CF)CCCN12. The quantitative estimate of drug-likeness (QED) is 0.751. The highest BCUT2D eigenvalue weighted by molar-refractivity contribution is 7.89. The van der Waals surface area contributed by atoms with Gasteiger partial charge in [0.25, 0.3) is 0 Å². The Hall–Kier alpha value is -2.59. The number of nitrogens with one attached hydrogen (secondary N) is 1. The number of fused-ring (bicyclic) bond motifs is 5. The molecule has 0 aliphatic carbocycles. The summed E-state index contributed by atoms with van der Waals surface area (Å²) in [4.78, 5) is 14.6. The molecule has 2 aliphatic heterocycles. The molecular formula is C22H23F3N2O4S. The van der Waals surface area contributed by atoms with E-state index in [2.05, 4.69) is 4.72 Å². The number of amides is 1. The van der Waals surface area contributed by atoms with Crippen LogP contribution in [0.4, 0.5) is 13.2 Å². The third kappa shape index (κ3) is 4.75. The molecule has 2 bridgehead atoms. The standard InChI is InChI=1S/C22H23F3N2O4S/c23-13-32(29,30)26-19-5-2-7-27-20(19)10-14-3-1-4-15(9-14)17-11-16(24)12-18(25)22(17)31-8-6-21(27)28/h1,3-4,9,11-12,19-20,26H,2,5-8,10,13H2/t19-,20-/m0/s1. The number of sulfonamides is 1. The summed E-state index contributed by atoms with van der Waals surface area (Å²) in [6, 6.07) is 6.14. The van der Waals surface area contributed by atoms with Crippen LogP contribution in [0.5, 0.6) is 5.75 Å². The fraction of sp³-hybridized carbons (Fsp3) is 0.409. The number of piperidine rings is 1. The maximum absolute atomic E-state index is 14.5. The summed E-state index contributed by atoms with van der Waals surface area (Å²) in [6.07, 6.45) is 1.25. The van der Waals surface area contributed by atoms with Gasteiger partial charge >= 0.3 is 0 Å². The van der Waals surface area contributed by atoms with E-state index >= 15 is 0 Å². The van der Waals surface area contributed by atoms with Crippen LogP contribution in [-0.4, -0.2) is 50.5 Å². The first-order valence-corrected chi connectivity index (χ1v) is 12.0. The Morgan fingerprint density at radius 2 is 2.00 bits per heavy atom. The van der Waals surface area contributed by atoms with Crippen molar-refractivity contribution in [1.29, 1.82) is 0 Å². The van der Waals surface area contributed by atoms with E-state index in [0.717, 1.165) is 11.6 Å². The van der Waals surface area contributed by atoms with Crippen molar-refractivity contribution >= 4 is 15.9 Å². The lowest BCUT2D eigenvalue weighted by Gasteiger charge is -2.42. The molecule has 2 aliphatic rings. The summed E-state index contributed by atoms with van der Waals surface area (Å²) in [5.74, 6) is -2.01. The van der Waals surface area contributed by atoms with Crippen LogP contribution in [0.3, 0.4) is 0 Å². The molecule has 0 saturated carbocycles. The number of benzene rings is 2. The van der Waals surface area contributed by atoms with Crippen LogP contribution in [0.1, 0.15) is 24.8 Å². The van der Waals surface area contributed by atoms with Gasteiger partial charge in [-0.3, -0.25) is 4.79 Å². The lowest BCUT2D eigenvalue weighted by atomic mass is 9.90. The van der Waals surface area contributed by atoms with Crippen LogP contribution >= 0.6 is 0 Å². The smallest absolute Gasteiger partial charge is 0.241 e. The van der Waals surface area contributed by atoms with E-state index in [1.165, 1.54) is 6.07 Å². The number of carbonyl (C=O) groups excluding carboxylic acids is 1. The van der Waals surface area contributed by atoms with E-state index in [1.807, 2.05) is 0 Å². The van der Waals surface area contributed by atoms with Crippen molar-refractivity contribution in [2.75, 3.05) is 19.2 Å². The molecule has 172 valence electrons. The minimum Gasteiger partial charge on any atom is -0.489 e. The van der Waals surface area contributed by atoms with Crippen LogP contribution in [0.2, 0.25) is 0 Å². The topological polar surface area (TPSA) is 75.7 Å². The molecule has 0 unspecified atom stereocenters. The molecule has 6 nitrogen and oxygen atoms in total. The van der Waals surface area contributed by atoms with Crippen LogP contribution in [0.15, 0.2) is 36.4 Å². The van der Waals surface area contributed by atoms with Crippen LogP contribution in [0, 0.1) is 11.6 Å². The molecule has 1 fully saturated rings. The summed E-state index contributed by atoms with van der Waals surface area (Å²) < 4.78 is 73.1. The Kier molecular flexibility index (Phi) is 6.43. The predicted octanol–water partition coefficient (Wildman–Crippen LogP) is 3.16. The fourth-order valence-electron chi connectivity index (χ4n) is 4.43. The molecule has 1 N–H and O–H groups in total. The number of nitrogens with zero attached hydrogens (tertiary/aromatic N) is 1. The van der Waals surface area contributed by atoms with Gasteiger partial charge < -0.3 is 9.64 Å². The molecule has 10 heteroatoms. The van der Waals surface area contributed by atoms with Crippen LogP contribution in [-0.2, 0) is 21.2 Å². The number of hydrogen-bond donors (Lipinski definition) is 1. The molecule has 2 heterocycles. The number of rotatable bonds is 3. The molecule has 2 aromatic rings. The van der Waals surface area contributed by atoms with Gasteiger partial charge in [-0.05, 0) is 36.5 Å². The van der Waals surface area contributed by atoms with Crippen molar-refractivity contribution < 1.29 is 31.1 Å². The molecule has 0 radical (unpaired) electrons. The normalized spacial score (nSPS) is 21.6. The summed E-state index contributed by atoms with van der Waals surface area (Å²) in [5, 5.41) is 0. The maximum atomic E-state index is 14.5. The lowest BCUT2D eigenvalue weighted by Crippen LogP contribution is -2.58. The van der Waals surface area contributed by atoms with Gasteiger partial charge in [0.05, 0.1) is 19.1 Å². The van der Waals surface area contributed by atoms with E-state index in [-0.39, 0.29) is 30.2 Å². The van der Waals surface area contributed by atoms with Crippen LogP contribution < -0.4 is 9.46 Å². The van der Waals surface area contributed by atoms with E-state index < -0.39 is 39.7 Å². The molecule has 2 aromatic carbocycles. The van der Waals surface area contributed by atoms with Crippen molar-refractivity contribution in [1.82, 2.24) is 9.62 Å². The summed E-state index contributed by atoms with van der Waals surface area (Å²) in [6.45, 7) is 0.297. The lowest BCUT2D eigenvalue weighted by molar-refractivity contribution is -0.136. The Bertz CT molecular complexity index is 1130. The van der Waals surface area contributed by atoms with Crippen molar-refractivity contribution in [2.45, 2.75) is 37.8 Å². The number of hydrogen-bond acceptors (Lipinski definition) is 4. The molecule has 0 aromatic heterocycles. The first-order valence-electron chi connectivity index (χ1n) is 10.3. The minimum absolute atomic E-state index is 0.0662. The molecule has 1 saturated heterocycles. The van der Waals surface area contributed by atoms with Crippen LogP contribution in [0.25, 0.3) is 11.1 Å². The van der Waals surface area contributed by atoms with Crippen molar-refractivity contribution in [2.24, 2.45) is 0 Å². The highest BCUT2D eigenvalue weighted by atomic mass is 32.2. The minimum atomic E-state index is -4.12. The molecule has 4 rings (SSSR count). The van der Waals surface area contributed by atoms with E-state index in [9.17, 15) is 26.4 Å². The maximum Gasteiger partial charge on any atom is 0.241 e. The summed E-state index contributed by atoms with van der Waals surface area (Å²) >= 11 is 0. The molecule has 0 spiro atoms. The zero-order valence-electron chi connectivity index (χ0n) is 17.2. The summed E-state index contributed by atoms with van der Waals surface area (Å²) in [7, 11) is -4.12. The zero-order valence-corrected chi connectivity index (χ0v) is 18.0. The first kappa shape index (κ1) is 22.6. The van der Waals surface area contributed by atoms with E-state index in [4.69, 9.17) is 4.74 Å². The molecular weight excluding hydrogens is 445 g/mol. The van der Waals surface area contributed by atoms with Gasteiger partial charge in [-0.25, -0.2) is 26.3 Å². The highest BCUT2D eigenvalue weighted by Gasteiger charge is 2.36. The molecule has 2 atom stereocenters. The number of halogens is 3. The van der Waals surface area contributed by atoms with Gasteiger partial charge in [0.2, 0.25) is 21.9 Å². The number of carbonyl (C=O) groups is 1. The molecule has 1 amide bonds. The molecule has 32 heavy (non-hydrogen) atoms. The average molecular weight is 468 g/mol. The van der Waals surface area contributed by atoms with Gasteiger partial charge in [-0.1, -0.05) is 24.3 Å². The second-order valence-electron chi connectivity index (χ2n) is 8.01. The second-order valence-corrected chi connectivity index (χ2v) is 9.70. The fourth-order valence-corrected chi connectivity index (χ4v) is 5.23. The Morgan fingerprint density at radius 1 is 1.19 bits per heavy atom. The Balaban J connectivity index is 1.77. The highest BCUT2D eigenvalue weighted by Crippen LogP contribution is 2.35. The monoisotopic (exact) mass is 468 g/mol. The van der Waals surface area contributed by atoms with Gasteiger partial charge in [-0.15, -0.1) is 0 Å². The first-order chi connectivity index (χ1) is 15.3. The van der Waals surface area contributed by atoms with Crippen molar-refractivity contribution in [3.8, 4) is 16.9 Å². The van der Waals surface area contributed by atoms with Gasteiger partial charge in [0.15, 0.2) is 11.6 Å². The van der Waals surface area contributed by atoms with Crippen molar-refractivity contribution in [3.63, 3.8) is 0 Å².